The van der Waals surface area contributed by atoms with Crippen LogP contribution in [0.4, 0.5) is 10.5 Å². The van der Waals surface area contributed by atoms with Crippen molar-refractivity contribution in [1.82, 2.24) is 13.9 Å². The molecule has 4 rings (SSSR count). The molecule has 0 aliphatic carbocycles. The fourth-order valence-corrected chi connectivity index (χ4v) is 5.07. The summed E-state index contributed by atoms with van der Waals surface area (Å²) in [6.07, 6.45) is -1.22. The minimum absolute atomic E-state index is 0.0399. The number of non-ortho nitro benzene ring substituents is 1. The van der Waals surface area contributed by atoms with Gasteiger partial charge in [-0.1, -0.05) is 12.1 Å². The van der Waals surface area contributed by atoms with Gasteiger partial charge in [-0.3, -0.25) is 10.1 Å². The van der Waals surface area contributed by atoms with Crippen molar-refractivity contribution in [3.05, 3.63) is 76.4 Å². The lowest BCUT2D eigenvalue weighted by Crippen LogP contribution is -2.46. The average molecular weight is 458 g/mol. The number of carboxylic acid groups (broad SMARTS) is 1. The van der Waals surface area contributed by atoms with Gasteiger partial charge in [-0.05, 0) is 35.4 Å². The van der Waals surface area contributed by atoms with Crippen LogP contribution in [-0.2, 0) is 34.8 Å². The molecule has 0 amide bonds. The molecule has 0 saturated heterocycles. The van der Waals surface area contributed by atoms with E-state index < -0.39 is 27.3 Å². The molecule has 0 fully saturated rings. The number of benzene rings is 2. The third-order valence-corrected chi connectivity index (χ3v) is 7.10. The van der Waals surface area contributed by atoms with Crippen LogP contribution in [0.5, 0.6) is 0 Å². The predicted octanol–water partition coefficient (Wildman–Crippen LogP) is 2.76. The molecule has 2 aromatic carbocycles. The lowest BCUT2D eigenvalue weighted by atomic mass is 10.1. The lowest BCUT2D eigenvalue weighted by Gasteiger charge is -2.33. The van der Waals surface area contributed by atoms with Gasteiger partial charge in [0.2, 0.25) is 10.0 Å². The molecule has 1 aliphatic heterocycles. The highest BCUT2D eigenvalue weighted by Gasteiger charge is 2.39. The Morgan fingerprint density at radius 3 is 2.31 bits per heavy atom. The van der Waals surface area contributed by atoms with E-state index >= 15 is 0 Å². The first kappa shape index (κ1) is 21.5. The van der Waals surface area contributed by atoms with Crippen molar-refractivity contribution in [2.45, 2.75) is 24.1 Å². The standard InChI is InChI=1S/C20H18N4O7S/c1-22-12-21-17-11-23(19(10-18(17)22)31-20(25)26)32(29,30)16-8-4-14(5-9-16)13-2-6-15(7-3-13)24(27)28/h2-9,12,19H,10-11H2,1H3,(H,25,26). The maximum absolute atomic E-state index is 13.3. The van der Waals surface area contributed by atoms with Crippen molar-refractivity contribution in [2.24, 2.45) is 7.05 Å². The molecule has 166 valence electrons. The van der Waals surface area contributed by atoms with Gasteiger partial charge in [-0.2, -0.15) is 4.31 Å². The molecule has 0 bridgehead atoms. The molecule has 2 heterocycles. The van der Waals surface area contributed by atoms with E-state index in [1.165, 1.54) is 30.6 Å². The number of imidazole rings is 1. The van der Waals surface area contributed by atoms with Crippen LogP contribution in [0.15, 0.2) is 59.8 Å². The maximum Gasteiger partial charge on any atom is 0.507 e. The zero-order valence-electron chi connectivity index (χ0n) is 16.8. The minimum atomic E-state index is -4.10. The zero-order chi connectivity index (χ0) is 23.0. The van der Waals surface area contributed by atoms with Crippen molar-refractivity contribution in [1.29, 1.82) is 0 Å². The van der Waals surface area contributed by atoms with Crippen molar-refractivity contribution in [3.8, 4) is 11.1 Å². The van der Waals surface area contributed by atoms with Crippen LogP contribution >= 0.6 is 0 Å². The van der Waals surface area contributed by atoms with Crippen LogP contribution < -0.4 is 0 Å². The monoisotopic (exact) mass is 458 g/mol. The van der Waals surface area contributed by atoms with E-state index in [4.69, 9.17) is 9.84 Å². The highest BCUT2D eigenvalue weighted by molar-refractivity contribution is 7.89. The van der Waals surface area contributed by atoms with Gasteiger partial charge in [0.1, 0.15) is 0 Å². The number of nitro benzene ring substituents is 1. The molecule has 0 radical (unpaired) electrons. The number of ether oxygens (including phenoxy) is 1. The van der Waals surface area contributed by atoms with Crippen molar-refractivity contribution < 1.29 is 28.0 Å². The summed E-state index contributed by atoms with van der Waals surface area (Å²) in [6.45, 7) is -0.124. The van der Waals surface area contributed by atoms with Gasteiger partial charge in [-0.15, -0.1) is 0 Å². The van der Waals surface area contributed by atoms with E-state index in [0.29, 0.717) is 22.5 Å². The van der Waals surface area contributed by atoms with E-state index in [1.807, 2.05) is 0 Å². The summed E-state index contributed by atoms with van der Waals surface area (Å²) in [7, 11) is -2.36. The molecule has 11 nitrogen and oxygen atoms in total. The zero-order valence-corrected chi connectivity index (χ0v) is 17.6. The Balaban J connectivity index is 1.64. The summed E-state index contributed by atoms with van der Waals surface area (Å²) in [5.41, 5.74) is 2.54. The number of rotatable bonds is 5. The molecule has 32 heavy (non-hydrogen) atoms. The van der Waals surface area contributed by atoms with E-state index in [9.17, 15) is 23.3 Å². The highest BCUT2D eigenvalue weighted by atomic mass is 32.2. The first-order chi connectivity index (χ1) is 15.2. The molecule has 3 aromatic rings. The van der Waals surface area contributed by atoms with Gasteiger partial charge < -0.3 is 14.4 Å². The smallest absolute Gasteiger partial charge is 0.450 e. The largest absolute Gasteiger partial charge is 0.507 e. The molecule has 1 aromatic heterocycles. The molecule has 1 N–H and O–H groups in total. The summed E-state index contributed by atoms with van der Waals surface area (Å²) >= 11 is 0. The number of hydrogen-bond donors (Lipinski definition) is 1. The number of aryl methyl sites for hydroxylation is 1. The normalized spacial score (nSPS) is 16.3. The fourth-order valence-electron chi connectivity index (χ4n) is 3.60. The second kappa shape index (κ2) is 8.05. The van der Waals surface area contributed by atoms with E-state index in [0.717, 1.165) is 4.31 Å². The summed E-state index contributed by atoms with van der Waals surface area (Å²) in [6, 6.07) is 11.8. The van der Waals surface area contributed by atoms with Gasteiger partial charge in [0.25, 0.3) is 5.69 Å². The van der Waals surface area contributed by atoms with Crippen molar-refractivity contribution in [3.63, 3.8) is 0 Å². The first-order valence-corrected chi connectivity index (χ1v) is 10.9. The number of nitro groups is 1. The summed E-state index contributed by atoms with van der Waals surface area (Å²) in [4.78, 5) is 25.6. The van der Waals surface area contributed by atoms with E-state index in [1.54, 1.807) is 35.9 Å². The van der Waals surface area contributed by atoms with Crippen LogP contribution in [0, 0.1) is 10.1 Å². The van der Waals surface area contributed by atoms with Gasteiger partial charge in [0, 0.05) is 31.3 Å². The Bertz CT molecular complexity index is 1280. The molecule has 1 atom stereocenters. The third-order valence-electron chi connectivity index (χ3n) is 5.25. The van der Waals surface area contributed by atoms with Crippen molar-refractivity contribution in [2.75, 3.05) is 0 Å². The molecule has 12 heteroatoms. The second-order valence-electron chi connectivity index (χ2n) is 7.17. The van der Waals surface area contributed by atoms with E-state index in [2.05, 4.69) is 4.98 Å². The molecular formula is C20H18N4O7S. The van der Waals surface area contributed by atoms with Gasteiger partial charge in [0.05, 0.1) is 28.4 Å². The van der Waals surface area contributed by atoms with Gasteiger partial charge >= 0.3 is 6.16 Å². The SMILES string of the molecule is Cn1cnc2c1CC(OC(=O)O)N(S(=O)(=O)c1ccc(-c3ccc([N+](=O)[O-])cc3)cc1)C2. The predicted molar refractivity (Wildman–Crippen MR) is 111 cm³/mol. The average Bonchev–Trinajstić information content (AvgIpc) is 3.13. The third kappa shape index (κ3) is 3.92. The van der Waals surface area contributed by atoms with Crippen LogP contribution in [0.2, 0.25) is 0 Å². The summed E-state index contributed by atoms with van der Waals surface area (Å²) in [5.74, 6) is 0. The number of nitrogens with zero attached hydrogens (tertiary/aromatic N) is 4. The van der Waals surface area contributed by atoms with Crippen LogP contribution in [0.3, 0.4) is 0 Å². The van der Waals surface area contributed by atoms with Crippen LogP contribution in [0.1, 0.15) is 11.4 Å². The Morgan fingerprint density at radius 1 is 1.16 bits per heavy atom. The first-order valence-electron chi connectivity index (χ1n) is 9.42. The number of hydrogen-bond acceptors (Lipinski definition) is 7. The number of fused-ring (bicyclic) bond motifs is 1. The number of sulfonamides is 1. The molecule has 0 spiro atoms. The number of carbonyl (C=O) groups is 1. The number of aromatic nitrogens is 2. The molecule has 1 aliphatic rings. The minimum Gasteiger partial charge on any atom is -0.450 e. The van der Waals surface area contributed by atoms with E-state index in [-0.39, 0.29) is 23.5 Å². The Hall–Kier alpha value is -3.77. The Kier molecular flexibility index (Phi) is 5.40. The fraction of sp³-hybridized carbons (Fsp3) is 0.200. The Labute approximate surface area is 182 Å². The lowest BCUT2D eigenvalue weighted by molar-refractivity contribution is -0.384. The maximum atomic E-state index is 13.3. The topological polar surface area (TPSA) is 145 Å². The Morgan fingerprint density at radius 2 is 1.75 bits per heavy atom. The second-order valence-corrected chi connectivity index (χ2v) is 9.06. The highest BCUT2D eigenvalue weighted by Crippen LogP contribution is 2.30. The van der Waals surface area contributed by atoms with Crippen molar-refractivity contribution >= 4 is 21.9 Å². The quantitative estimate of drug-likeness (QED) is 0.349. The molecule has 1 unspecified atom stereocenters. The molecular weight excluding hydrogens is 440 g/mol. The van der Waals surface area contributed by atoms with Crippen LogP contribution in [-0.4, -0.2) is 44.7 Å². The van der Waals surface area contributed by atoms with Gasteiger partial charge in [0.15, 0.2) is 6.23 Å². The summed E-state index contributed by atoms with van der Waals surface area (Å²) < 4.78 is 34.2. The molecule has 0 saturated carbocycles. The van der Waals surface area contributed by atoms with Crippen LogP contribution in [0.25, 0.3) is 11.1 Å². The summed E-state index contributed by atoms with van der Waals surface area (Å²) in [5, 5.41) is 19.9. The van der Waals surface area contributed by atoms with Gasteiger partial charge in [-0.25, -0.2) is 18.2 Å².